The van der Waals surface area contributed by atoms with Crippen LogP contribution in [0.3, 0.4) is 0 Å². The van der Waals surface area contributed by atoms with E-state index in [1.165, 1.54) is 0 Å². The number of hydrogen-bond donors (Lipinski definition) is 4. The maximum atomic E-state index is 11.8. The molecule has 0 saturated carbocycles. The molecule has 1 amide bonds. The standard InChI is InChI=1S/C10H11N7OS2/c11-9(12)15-10(13)19-4-7(18)14-5-2-1-3-6-8(5)17-20-16-6/h1-3H,4H2,(H,14,18)(H5,11,12,13,15). The molecule has 0 saturated heterocycles. The van der Waals surface area contributed by atoms with Crippen LogP contribution in [-0.2, 0) is 16.1 Å². The first-order chi connectivity index (χ1) is 9.56. The normalized spacial score (nSPS) is 11.4. The van der Waals surface area contributed by atoms with E-state index in [0.29, 0.717) is 11.4 Å². The highest BCUT2D eigenvalue weighted by Crippen LogP contribution is 2.38. The first kappa shape index (κ1) is 14.2. The van der Waals surface area contributed by atoms with E-state index < -0.39 is 0 Å². The summed E-state index contributed by atoms with van der Waals surface area (Å²) in [5.74, 6) is -0.448. The maximum absolute atomic E-state index is 11.8. The van der Waals surface area contributed by atoms with Crippen molar-refractivity contribution in [2.24, 2.45) is 25.2 Å². The number of thioether (sulfide) groups is 1. The fourth-order valence-corrected chi connectivity index (χ4v) is 2.44. The summed E-state index contributed by atoms with van der Waals surface area (Å²) in [5, 5.41) is 10.0. The lowest BCUT2D eigenvalue weighted by Crippen LogP contribution is -2.24. The number of nitrogens with one attached hydrogen (secondary N) is 2. The predicted octanol–water partition coefficient (Wildman–Crippen LogP) is 1.29. The molecule has 0 aliphatic carbocycles. The van der Waals surface area contributed by atoms with E-state index in [-0.39, 0.29) is 22.8 Å². The van der Waals surface area contributed by atoms with Gasteiger partial charge >= 0.3 is 0 Å². The summed E-state index contributed by atoms with van der Waals surface area (Å²) in [5.41, 5.74) is 12.2. The van der Waals surface area contributed by atoms with Gasteiger partial charge in [0.25, 0.3) is 0 Å². The molecule has 2 rings (SSSR count). The fraction of sp³-hybridized carbons (Fsp3) is 0.100. The van der Waals surface area contributed by atoms with Gasteiger partial charge in [-0.1, -0.05) is 17.8 Å². The van der Waals surface area contributed by atoms with Gasteiger partial charge in [-0.15, -0.1) is 0 Å². The molecule has 1 aliphatic heterocycles. The Labute approximate surface area is 122 Å². The van der Waals surface area contributed by atoms with Gasteiger partial charge in [0.1, 0.15) is 11.4 Å². The van der Waals surface area contributed by atoms with Crippen molar-refractivity contribution in [2.75, 3.05) is 11.1 Å². The van der Waals surface area contributed by atoms with Crippen LogP contribution in [0.25, 0.3) is 0 Å². The molecule has 0 fully saturated rings. The smallest absolute Gasteiger partial charge is 0.234 e. The van der Waals surface area contributed by atoms with Crippen molar-refractivity contribution in [3.05, 3.63) is 18.2 Å². The predicted molar refractivity (Wildman–Crippen MR) is 82.6 cm³/mol. The number of carbonyl (C=O) groups excluding carboxylic acids is 1. The van der Waals surface area contributed by atoms with Crippen molar-refractivity contribution in [2.45, 2.75) is 0 Å². The topological polar surface area (TPSA) is 142 Å². The van der Waals surface area contributed by atoms with Gasteiger partial charge < -0.3 is 16.8 Å². The third-order valence-electron chi connectivity index (χ3n) is 2.13. The summed E-state index contributed by atoms with van der Waals surface area (Å²) in [6.45, 7) is 0. The van der Waals surface area contributed by atoms with Crippen LogP contribution in [0.2, 0.25) is 0 Å². The zero-order valence-corrected chi connectivity index (χ0v) is 11.8. The van der Waals surface area contributed by atoms with Crippen LogP contribution in [0.15, 0.2) is 31.9 Å². The SMILES string of the molecule is N=C(N=C(N)N)SCC(=O)Nc1cccc2c1N=S=N2. The molecular weight excluding hydrogens is 298 g/mol. The number of fused-ring (bicyclic) bond motifs is 1. The van der Waals surface area contributed by atoms with Crippen LogP contribution in [-0.4, -0.2) is 22.8 Å². The van der Waals surface area contributed by atoms with Crippen molar-refractivity contribution in [1.29, 1.82) is 5.41 Å². The van der Waals surface area contributed by atoms with Crippen LogP contribution < -0.4 is 16.8 Å². The Balaban J connectivity index is 1.93. The molecule has 0 bridgehead atoms. The minimum absolute atomic E-state index is 0.0313. The molecule has 0 radical (unpaired) electrons. The number of benzene rings is 1. The van der Waals surface area contributed by atoms with Crippen LogP contribution in [0, 0.1) is 5.41 Å². The number of guanidine groups is 1. The Bertz CT molecular complexity index is 660. The van der Waals surface area contributed by atoms with Crippen molar-refractivity contribution in [1.82, 2.24) is 0 Å². The van der Waals surface area contributed by atoms with E-state index in [1.807, 2.05) is 6.07 Å². The number of rotatable bonds is 3. The number of anilines is 1. The minimum Gasteiger partial charge on any atom is -0.370 e. The lowest BCUT2D eigenvalue weighted by molar-refractivity contribution is -0.113. The van der Waals surface area contributed by atoms with E-state index in [1.54, 1.807) is 12.1 Å². The summed E-state index contributed by atoms with van der Waals surface area (Å²) in [6.07, 6.45) is 0. The van der Waals surface area contributed by atoms with E-state index in [2.05, 4.69) is 19.0 Å². The number of aliphatic imine (C=N–C) groups is 1. The molecule has 10 heteroatoms. The van der Waals surface area contributed by atoms with Crippen LogP contribution in [0.5, 0.6) is 0 Å². The van der Waals surface area contributed by atoms with Crippen LogP contribution in [0.1, 0.15) is 0 Å². The maximum Gasteiger partial charge on any atom is 0.234 e. The number of amidine groups is 1. The first-order valence-electron chi connectivity index (χ1n) is 5.38. The van der Waals surface area contributed by atoms with Gasteiger partial charge in [0, 0.05) is 0 Å². The Kier molecular flexibility index (Phi) is 4.48. The average molecular weight is 309 g/mol. The Morgan fingerprint density at radius 2 is 2.25 bits per heavy atom. The van der Waals surface area contributed by atoms with Gasteiger partial charge in [-0.2, -0.15) is 13.7 Å². The van der Waals surface area contributed by atoms with Crippen molar-refractivity contribution >= 4 is 57.2 Å². The van der Waals surface area contributed by atoms with E-state index in [9.17, 15) is 4.79 Å². The minimum atomic E-state index is -0.272. The lowest BCUT2D eigenvalue weighted by atomic mass is 10.2. The van der Waals surface area contributed by atoms with Gasteiger partial charge in [-0.3, -0.25) is 10.2 Å². The molecular formula is C10H11N7OS2. The van der Waals surface area contributed by atoms with Crippen LogP contribution >= 0.6 is 11.8 Å². The number of nitrogens with two attached hydrogens (primary N) is 2. The molecule has 104 valence electrons. The summed E-state index contributed by atoms with van der Waals surface area (Å²) in [7, 11) is 0. The summed E-state index contributed by atoms with van der Waals surface area (Å²) in [4.78, 5) is 15.3. The molecule has 1 aromatic rings. The monoisotopic (exact) mass is 309 g/mol. The second-order valence-corrected chi connectivity index (χ2v) is 5.11. The first-order valence-corrected chi connectivity index (χ1v) is 7.10. The van der Waals surface area contributed by atoms with Crippen LogP contribution in [0.4, 0.5) is 17.1 Å². The third-order valence-corrected chi connectivity index (χ3v) is 3.44. The highest BCUT2D eigenvalue weighted by atomic mass is 32.2. The Hall–Kier alpha value is -2.20. The second-order valence-electron chi connectivity index (χ2n) is 3.62. The van der Waals surface area contributed by atoms with Crippen molar-refractivity contribution in [3.8, 4) is 0 Å². The molecule has 20 heavy (non-hydrogen) atoms. The summed E-state index contributed by atoms with van der Waals surface area (Å²) < 4.78 is 8.21. The van der Waals surface area contributed by atoms with Gasteiger partial charge in [0.15, 0.2) is 11.1 Å². The van der Waals surface area contributed by atoms with Gasteiger partial charge in [0.05, 0.1) is 22.8 Å². The number of carbonyl (C=O) groups is 1. The van der Waals surface area contributed by atoms with Crippen molar-refractivity contribution in [3.63, 3.8) is 0 Å². The molecule has 1 aliphatic rings. The largest absolute Gasteiger partial charge is 0.370 e. The highest BCUT2D eigenvalue weighted by Gasteiger charge is 2.13. The molecule has 0 atom stereocenters. The van der Waals surface area contributed by atoms with E-state index in [4.69, 9.17) is 16.9 Å². The quantitative estimate of drug-likeness (QED) is 0.500. The van der Waals surface area contributed by atoms with E-state index >= 15 is 0 Å². The number of amides is 1. The molecule has 0 unspecified atom stereocenters. The van der Waals surface area contributed by atoms with Gasteiger partial charge in [0.2, 0.25) is 5.91 Å². The molecule has 1 heterocycles. The Morgan fingerprint density at radius 3 is 3.00 bits per heavy atom. The third kappa shape index (κ3) is 3.65. The molecule has 1 aromatic carbocycles. The molecule has 0 aromatic heterocycles. The molecule has 6 N–H and O–H groups in total. The number of nitrogens with zero attached hydrogens (tertiary/aromatic N) is 3. The van der Waals surface area contributed by atoms with E-state index in [0.717, 1.165) is 28.8 Å². The van der Waals surface area contributed by atoms with Crippen molar-refractivity contribution < 1.29 is 4.79 Å². The fourth-order valence-electron chi connectivity index (χ4n) is 1.38. The summed E-state index contributed by atoms with van der Waals surface area (Å²) in [6, 6.07) is 5.35. The lowest BCUT2D eigenvalue weighted by Gasteiger charge is -2.07. The average Bonchev–Trinajstić information content (AvgIpc) is 2.85. The second kappa shape index (κ2) is 6.30. The van der Waals surface area contributed by atoms with Gasteiger partial charge in [-0.25, -0.2) is 0 Å². The van der Waals surface area contributed by atoms with Gasteiger partial charge in [-0.05, 0) is 12.1 Å². The zero-order valence-electron chi connectivity index (χ0n) is 10.2. The summed E-state index contributed by atoms with van der Waals surface area (Å²) >= 11 is 2.01. The highest BCUT2D eigenvalue weighted by molar-refractivity contribution is 8.14. The zero-order chi connectivity index (χ0) is 14.5. The molecule has 0 spiro atoms. The number of hydrogen-bond acceptors (Lipinski definition) is 5. The molecule has 8 nitrogen and oxygen atoms in total. The Morgan fingerprint density at radius 1 is 1.45 bits per heavy atom.